The minimum Gasteiger partial charge on any atom is -0.228 e. The zero-order valence-electron chi connectivity index (χ0n) is 6.66. The predicted octanol–water partition coefficient (Wildman–Crippen LogP) is 2.67. The first-order chi connectivity index (χ1) is 5.90. The van der Waals surface area contributed by atoms with Crippen molar-refractivity contribution in [1.29, 1.82) is 0 Å². The van der Waals surface area contributed by atoms with Gasteiger partial charge >= 0.3 is 0 Å². The van der Waals surface area contributed by atoms with Gasteiger partial charge in [-0.2, -0.15) is 0 Å². The molecule has 0 saturated carbocycles. The molecule has 1 nitrogen and oxygen atoms in total. The summed E-state index contributed by atoms with van der Waals surface area (Å²) < 4.78 is 1.20. The summed E-state index contributed by atoms with van der Waals surface area (Å²) in [7, 11) is 0. The van der Waals surface area contributed by atoms with Crippen molar-refractivity contribution in [3.8, 4) is 11.8 Å². The summed E-state index contributed by atoms with van der Waals surface area (Å²) in [6.07, 6.45) is 0. The molecule has 0 N–H and O–H groups in total. The first kappa shape index (κ1) is 7.33. The van der Waals surface area contributed by atoms with Crippen molar-refractivity contribution < 1.29 is 0 Å². The van der Waals surface area contributed by atoms with Crippen molar-refractivity contribution in [2.45, 2.75) is 6.92 Å². The molecule has 58 valence electrons. The summed E-state index contributed by atoms with van der Waals surface area (Å²) in [5.41, 5.74) is 1.04. The molecule has 0 amide bonds. The van der Waals surface area contributed by atoms with Gasteiger partial charge in [0.1, 0.15) is 0 Å². The van der Waals surface area contributed by atoms with Gasteiger partial charge in [-0.05, 0) is 25.0 Å². The summed E-state index contributed by atoms with van der Waals surface area (Å²) in [4.78, 5) is 4.35. The third-order valence-electron chi connectivity index (χ3n) is 1.53. The maximum absolute atomic E-state index is 4.35. The Labute approximate surface area is 75.1 Å². The molecular weight excluding hydrogens is 166 g/mol. The van der Waals surface area contributed by atoms with Crippen molar-refractivity contribution in [3.05, 3.63) is 29.3 Å². The Balaban J connectivity index is 2.67. The van der Waals surface area contributed by atoms with Crippen LogP contribution in [-0.2, 0) is 0 Å². The highest BCUT2D eigenvalue weighted by Crippen LogP contribution is 2.20. The molecule has 12 heavy (non-hydrogen) atoms. The molecule has 0 spiro atoms. The number of benzene rings is 1. The van der Waals surface area contributed by atoms with Crippen LogP contribution in [0.15, 0.2) is 24.3 Å². The zero-order chi connectivity index (χ0) is 8.39. The van der Waals surface area contributed by atoms with Gasteiger partial charge < -0.3 is 0 Å². The number of thiazole rings is 1. The molecular formula is C10H7NS. The van der Waals surface area contributed by atoms with Gasteiger partial charge in [-0.25, -0.2) is 4.98 Å². The molecule has 1 aromatic heterocycles. The topological polar surface area (TPSA) is 12.9 Å². The second-order valence-electron chi connectivity index (χ2n) is 2.36. The smallest absolute Gasteiger partial charge is 0.168 e. The van der Waals surface area contributed by atoms with E-state index in [4.69, 9.17) is 0 Å². The summed E-state index contributed by atoms with van der Waals surface area (Å²) in [6.45, 7) is 1.83. The monoisotopic (exact) mass is 173 g/mol. The highest BCUT2D eigenvalue weighted by Gasteiger charge is 1.98. The van der Waals surface area contributed by atoms with Crippen LogP contribution in [0.5, 0.6) is 0 Å². The maximum atomic E-state index is 4.35. The molecule has 2 heteroatoms. The SMILES string of the molecule is CC#Cc1nc2ccccc2s1. The van der Waals surface area contributed by atoms with Gasteiger partial charge in [-0.3, -0.25) is 0 Å². The van der Waals surface area contributed by atoms with Gasteiger partial charge in [-0.15, -0.1) is 11.3 Å². The molecule has 2 rings (SSSR count). The van der Waals surface area contributed by atoms with Crippen LogP contribution in [-0.4, -0.2) is 4.98 Å². The number of aromatic nitrogens is 1. The summed E-state index contributed by atoms with van der Waals surface area (Å²) in [6, 6.07) is 8.08. The Hall–Kier alpha value is -1.33. The first-order valence-corrected chi connectivity index (χ1v) is 4.50. The van der Waals surface area contributed by atoms with Crippen LogP contribution >= 0.6 is 11.3 Å². The van der Waals surface area contributed by atoms with E-state index in [2.05, 4.69) is 22.9 Å². The number of hydrogen-bond acceptors (Lipinski definition) is 2. The van der Waals surface area contributed by atoms with Crippen LogP contribution in [0, 0.1) is 11.8 Å². The van der Waals surface area contributed by atoms with E-state index in [-0.39, 0.29) is 0 Å². The molecule has 0 aliphatic carbocycles. The van der Waals surface area contributed by atoms with Crippen LogP contribution in [0.2, 0.25) is 0 Å². The molecule has 0 bridgehead atoms. The molecule has 2 aromatic rings. The van der Waals surface area contributed by atoms with E-state index in [0.717, 1.165) is 10.5 Å². The van der Waals surface area contributed by atoms with Crippen molar-refractivity contribution in [3.63, 3.8) is 0 Å². The van der Waals surface area contributed by atoms with E-state index in [9.17, 15) is 0 Å². The molecule has 0 radical (unpaired) electrons. The van der Waals surface area contributed by atoms with Crippen molar-refractivity contribution in [1.82, 2.24) is 4.98 Å². The standard InChI is InChI=1S/C10H7NS/c1-2-5-10-11-8-6-3-4-7-9(8)12-10/h3-4,6-7H,1H3. The van der Waals surface area contributed by atoms with E-state index in [1.165, 1.54) is 4.70 Å². The lowest BCUT2D eigenvalue weighted by Crippen LogP contribution is -1.68. The Morgan fingerprint density at radius 1 is 1.33 bits per heavy atom. The average Bonchev–Trinajstić information content (AvgIpc) is 2.47. The van der Waals surface area contributed by atoms with Gasteiger partial charge in [0.15, 0.2) is 5.01 Å². The lowest BCUT2D eigenvalue weighted by molar-refractivity contribution is 1.45. The van der Waals surface area contributed by atoms with Crippen LogP contribution in [0.3, 0.4) is 0 Å². The van der Waals surface area contributed by atoms with Gasteiger partial charge in [0.2, 0.25) is 0 Å². The highest BCUT2D eigenvalue weighted by molar-refractivity contribution is 7.19. The fraction of sp³-hybridized carbons (Fsp3) is 0.100. The van der Waals surface area contributed by atoms with Crippen LogP contribution in [0.1, 0.15) is 11.9 Å². The fourth-order valence-electron chi connectivity index (χ4n) is 1.03. The lowest BCUT2D eigenvalue weighted by Gasteiger charge is -1.80. The quantitative estimate of drug-likeness (QED) is 0.558. The largest absolute Gasteiger partial charge is 0.228 e. The second kappa shape index (κ2) is 2.96. The molecule has 0 unspecified atom stereocenters. The van der Waals surface area contributed by atoms with Gasteiger partial charge in [-0.1, -0.05) is 18.1 Å². The van der Waals surface area contributed by atoms with Crippen molar-refractivity contribution in [2.75, 3.05) is 0 Å². The Morgan fingerprint density at radius 3 is 2.92 bits per heavy atom. The molecule has 1 aromatic carbocycles. The third kappa shape index (κ3) is 1.19. The van der Waals surface area contributed by atoms with E-state index in [1.54, 1.807) is 11.3 Å². The maximum Gasteiger partial charge on any atom is 0.168 e. The Bertz CT molecular complexity index is 426. The van der Waals surface area contributed by atoms with Crippen molar-refractivity contribution in [2.24, 2.45) is 0 Å². The molecule has 0 saturated heterocycles. The fourth-order valence-corrected chi connectivity index (χ4v) is 1.90. The number of para-hydroxylation sites is 1. The third-order valence-corrected chi connectivity index (χ3v) is 2.48. The number of nitrogens with zero attached hydrogens (tertiary/aromatic N) is 1. The number of hydrogen-bond donors (Lipinski definition) is 0. The van der Waals surface area contributed by atoms with E-state index in [0.29, 0.717) is 0 Å². The molecule has 0 aliphatic heterocycles. The highest BCUT2D eigenvalue weighted by atomic mass is 32.1. The van der Waals surface area contributed by atoms with E-state index in [1.807, 2.05) is 25.1 Å². The zero-order valence-corrected chi connectivity index (χ0v) is 7.48. The molecule has 0 aliphatic rings. The molecule has 0 fully saturated rings. The molecule has 1 heterocycles. The van der Waals surface area contributed by atoms with Gasteiger partial charge in [0.05, 0.1) is 10.2 Å². The Morgan fingerprint density at radius 2 is 2.17 bits per heavy atom. The number of rotatable bonds is 0. The predicted molar refractivity (Wildman–Crippen MR) is 52.2 cm³/mol. The van der Waals surface area contributed by atoms with Gasteiger partial charge in [0.25, 0.3) is 0 Å². The number of fused-ring (bicyclic) bond motifs is 1. The minimum atomic E-state index is 0.902. The average molecular weight is 173 g/mol. The Kier molecular flexibility index (Phi) is 1.81. The summed E-state index contributed by atoms with van der Waals surface area (Å²) >= 11 is 1.64. The second-order valence-corrected chi connectivity index (χ2v) is 3.39. The normalized spacial score (nSPS) is 9.42. The molecule has 0 atom stereocenters. The summed E-state index contributed by atoms with van der Waals surface area (Å²) in [5.74, 6) is 5.80. The van der Waals surface area contributed by atoms with Crippen LogP contribution < -0.4 is 0 Å². The first-order valence-electron chi connectivity index (χ1n) is 3.68. The van der Waals surface area contributed by atoms with Crippen LogP contribution in [0.25, 0.3) is 10.2 Å². The van der Waals surface area contributed by atoms with Crippen molar-refractivity contribution >= 4 is 21.6 Å². The summed E-state index contributed by atoms with van der Waals surface area (Å²) in [5, 5.41) is 0.902. The lowest BCUT2D eigenvalue weighted by atomic mass is 10.3. The van der Waals surface area contributed by atoms with E-state index < -0.39 is 0 Å². The van der Waals surface area contributed by atoms with E-state index >= 15 is 0 Å². The minimum absolute atomic E-state index is 0.902. The van der Waals surface area contributed by atoms with Crippen LogP contribution in [0.4, 0.5) is 0 Å². The van der Waals surface area contributed by atoms with Gasteiger partial charge in [0, 0.05) is 0 Å².